The molecule has 0 spiro atoms. The molecule has 0 heterocycles. The van der Waals surface area contributed by atoms with Gasteiger partial charge in [0, 0.05) is 0 Å². The number of carbonyl (C=O) groups excluding carboxylic acids is 1. The number of carbonyl (C=O) groups is 2. The SMILES string of the molecule is C=C1CC[C@@H]2C(C)(C)C[C@H](O)C[C@]2(C)[C@H]1CC[C@@H](C)CCOC(=O)CCC(=O)O. The van der Waals surface area contributed by atoms with Crippen molar-refractivity contribution in [2.45, 2.75) is 91.6 Å². The van der Waals surface area contributed by atoms with E-state index in [1.54, 1.807) is 0 Å². The summed E-state index contributed by atoms with van der Waals surface area (Å²) >= 11 is 0. The second-order valence-corrected chi connectivity index (χ2v) is 10.4. The summed E-state index contributed by atoms with van der Waals surface area (Å²) in [7, 11) is 0. The number of aliphatic hydroxyl groups is 1. The molecule has 0 unspecified atom stereocenters. The molecule has 2 aliphatic rings. The molecule has 0 aromatic carbocycles. The van der Waals surface area contributed by atoms with E-state index >= 15 is 0 Å². The van der Waals surface area contributed by atoms with Gasteiger partial charge in [-0.3, -0.25) is 9.59 Å². The van der Waals surface area contributed by atoms with Gasteiger partial charge in [0.25, 0.3) is 0 Å². The van der Waals surface area contributed by atoms with Crippen LogP contribution in [0.4, 0.5) is 0 Å². The Hall–Kier alpha value is -1.36. The molecule has 2 aliphatic carbocycles. The van der Waals surface area contributed by atoms with Crippen LogP contribution in [0.2, 0.25) is 0 Å². The molecule has 29 heavy (non-hydrogen) atoms. The van der Waals surface area contributed by atoms with Crippen molar-refractivity contribution in [1.29, 1.82) is 0 Å². The largest absolute Gasteiger partial charge is 0.481 e. The number of rotatable bonds is 9. The normalized spacial score (nSPS) is 32.3. The van der Waals surface area contributed by atoms with E-state index in [0.717, 1.165) is 38.5 Å². The Kier molecular flexibility index (Phi) is 7.94. The van der Waals surface area contributed by atoms with E-state index in [4.69, 9.17) is 9.84 Å². The Morgan fingerprint density at radius 2 is 1.90 bits per heavy atom. The van der Waals surface area contributed by atoms with E-state index in [1.165, 1.54) is 12.0 Å². The van der Waals surface area contributed by atoms with Gasteiger partial charge in [0.05, 0.1) is 25.6 Å². The number of carboxylic acids is 1. The zero-order chi connectivity index (χ0) is 21.8. The Morgan fingerprint density at radius 3 is 2.55 bits per heavy atom. The molecule has 0 bridgehead atoms. The van der Waals surface area contributed by atoms with Crippen molar-refractivity contribution in [2.24, 2.45) is 28.6 Å². The molecule has 166 valence electrons. The average Bonchev–Trinajstić information content (AvgIpc) is 2.57. The number of aliphatic carboxylic acids is 1. The first kappa shape index (κ1) is 23.9. The second-order valence-electron chi connectivity index (χ2n) is 10.4. The van der Waals surface area contributed by atoms with Crippen LogP contribution < -0.4 is 0 Å². The Morgan fingerprint density at radius 1 is 1.21 bits per heavy atom. The number of esters is 1. The third-order valence-corrected chi connectivity index (χ3v) is 7.58. The molecule has 2 saturated carbocycles. The molecule has 5 nitrogen and oxygen atoms in total. The fourth-order valence-corrected chi connectivity index (χ4v) is 6.22. The topological polar surface area (TPSA) is 83.8 Å². The first-order chi connectivity index (χ1) is 13.5. The van der Waals surface area contributed by atoms with Crippen LogP contribution in [0.3, 0.4) is 0 Å². The fraction of sp³-hybridized carbons (Fsp3) is 0.833. The molecule has 0 aromatic heterocycles. The molecule has 0 aliphatic heterocycles. The minimum atomic E-state index is -0.981. The lowest BCUT2D eigenvalue weighted by Crippen LogP contribution is -2.53. The summed E-state index contributed by atoms with van der Waals surface area (Å²) in [5, 5.41) is 19.2. The lowest BCUT2D eigenvalue weighted by atomic mass is 9.46. The van der Waals surface area contributed by atoms with E-state index in [2.05, 4.69) is 34.3 Å². The average molecular weight is 409 g/mol. The van der Waals surface area contributed by atoms with Gasteiger partial charge in [-0.15, -0.1) is 0 Å². The molecule has 2 N–H and O–H groups in total. The number of aliphatic hydroxyl groups excluding tert-OH is 1. The maximum absolute atomic E-state index is 11.5. The highest BCUT2D eigenvalue weighted by molar-refractivity contribution is 5.76. The van der Waals surface area contributed by atoms with Crippen LogP contribution in [0, 0.1) is 28.6 Å². The zero-order valence-corrected chi connectivity index (χ0v) is 18.7. The van der Waals surface area contributed by atoms with Gasteiger partial charge in [0.1, 0.15) is 0 Å². The Labute approximate surface area is 175 Å². The van der Waals surface area contributed by atoms with Gasteiger partial charge in [-0.2, -0.15) is 0 Å². The summed E-state index contributed by atoms with van der Waals surface area (Å²) in [6.07, 6.45) is 6.40. The highest BCUT2D eigenvalue weighted by Gasteiger charge is 2.54. The standard InChI is InChI=1S/C24H40O5/c1-16(12-13-29-22(28)11-10-21(26)27)6-8-19-17(2)7-9-20-23(3,4)14-18(25)15-24(19,20)5/h16,18-20,25H,2,6-15H2,1,3-5H3,(H,26,27)/t16-,18+,19+,20-,24-/m1/s1. The summed E-state index contributed by atoms with van der Waals surface area (Å²) in [6.45, 7) is 13.9. The van der Waals surface area contributed by atoms with Crippen molar-refractivity contribution in [3.05, 3.63) is 12.2 Å². The maximum atomic E-state index is 11.5. The molecule has 0 saturated heterocycles. The third-order valence-electron chi connectivity index (χ3n) is 7.58. The number of fused-ring (bicyclic) bond motifs is 1. The quantitative estimate of drug-likeness (QED) is 0.416. The van der Waals surface area contributed by atoms with Crippen molar-refractivity contribution < 1.29 is 24.5 Å². The lowest BCUT2D eigenvalue weighted by molar-refractivity contribution is -0.148. The molecule has 0 radical (unpaired) electrons. The molecule has 2 fully saturated rings. The van der Waals surface area contributed by atoms with Crippen molar-refractivity contribution in [2.75, 3.05) is 6.61 Å². The smallest absolute Gasteiger partial charge is 0.306 e. The molecular formula is C24H40O5. The molecule has 0 aromatic rings. The minimum absolute atomic E-state index is 0.0660. The van der Waals surface area contributed by atoms with Crippen molar-refractivity contribution in [3.8, 4) is 0 Å². The molecular weight excluding hydrogens is 368 g/mol. The number of hydrogen-bond donors (Lipinski definition) is 2. The van der Waals surface area contributed by atoms with Crippen LogP contribution in [0.5, 0.6) is 0 Å². The minimum Gasteiger partial charge on any atom is -0.481 e. The van der Waals surface area contributed by atoms with Crippen LogP contribution in [0.25, 0.3) is 0 Å². The Balaban J connectivity index is 1.87. The van der Waals surface area contributed by atoms with E-state index < -0.39 is 11.9 Å². The number of carboxylic acid groups (broad SMARTS) is 1. The first-order valence-electron chi connectivity index (χ1n) is 11.2. The predicted octanol–water partition coefficient (Wildman–Crippen LogP) is 4.97. The first-order valence-corrected chi connectivity index (χ1v) is 11.2. The summed E-state index contributed by atoms with van der Waals surface area (Å²) < 4.78 is 5.17. The summed E-state index contributed by atoms with van der Waals surface area (Å²) in [6, 6.07) is 0. The number of ether oxygens (including phenoxy) is 1. The summed E-state index contributed by atoms with van der Waals surface area (Å²) in [4.78, 5) is 22.1. The zero-order valence-electron chi connectivity index (χ0n) is 18.7. The van der Waals surface area contributed by atoms with Crippen molar-refractivity contribution in [3.63, 3.8) is 0 Å². The summed E-state index contributed by atoms with van der Waals surface area (Å²) in [5.74, 6) is 0.0379. The van der Waals surface area contributed by atoms with Crippen LogP contribution in [0.15, 0.2) is 12.2 Å². The molecule has 2 rings (SSSR count). The van der Waals surface area contributed by atoms with Gasteiger partial charge in [0.2, 0.25) is 0 Å². The van der Waals surface area contributed by atoms with Gasteiger partial charge in [-0.1, -0.05) is 39.8 Å². The number of hydrogen-bond acceptors (Lipinski definition) is 4. The van der Waals surface area contributed by atoms with Crippen molar-refractivity contribution >= 4 is 11.9 Å². The van der Waals surface area contributed by atoms with E-state index in [0.29, 0.717) is 24.4 Å². The molecule has 5 heteroatoms. The maximum Gasteiger partial charge on any atom is 0.306 e. The third kappa shape index (κ3) is 6.07. The van der Waals surface area contributed by atoms with Crippen LogP contribution in [-0.2, 0) is 14.3 Å². The summed E-state index contributed by atoms with van der Waals surface area (Å²) in [5.41, 5.74) is 1.58. The second kappa shape index (κ2) is 9.63. The highest BCUT2D eigenvalue weighted by Crippen LogP contribution is 2.61. The van der Waals surface area contributed by atoms with E-state index in [-0.39, 0.29) is 29.8 Å². The van der Waals surface area contributed by atoms with Crippen LogP contribution >= 0.6 is 0 Å². The number of allylic oxidation sites excluding steroid dienone is 1. The molecule has 5 atom stereocenters. The predicted molar refractivity (Wildman–Crippen MR) is 113 cm³/mol. The molecule has 0 amide bonds. The monoisotopic (exact) mass is 408 g/mol. The van der Waals surface area contributed by atoms with Gasteiger partial charge < -0.3 is 14.9 Å². The van der Waals surface area contributed by atoms with Crippen LogP contribution in [0.1, 0.15) is 85.5 Å². The van der Waals surface area contributed by atoms with Crippen molar-refractivity contribution in [1.82, 2.24) is 0 Å². The lowest BCUT2D eigenvalue weighted by Gasteiger charge is -2.59. The van der Waals surface area contributed by atoms with Gasteiger partial charge in [-0.25, -0.2) is 0 Å². The Bertz CT molecular complexity index is 610. The fourth-order valence-electron chi connectivity index (χ4n) is 6.22. The van der Waals surface area contributed by atoms with Gasteiger partial charge in [0.15, 0.2) is 0 Å². The van der Waals surface area contributed by atoms with E-state index in [9.17, 15) is 14.7 Å². The van der Waals surface area contributed by atoms with Crippen LogP contribution in [-0.4, -0.2) is 34.9 Å². The van der Waals surface area contributed by atoms with Gasteiger partial charge >= 0.3 is 11.9 Å². The van der Waals surface area contributed by atoms with Gasteiger partial charge in [-0.05, 0) is 73.5 Å². The van der Waals surface area contributed by atoms with E-state index in [1.807, 2.05) is 0 Å². The highest BCUT2D eigenvalue weighted by atomic mass is 16.5.